The Bertz CT molecular complexity index is 861. The minimum atomic E-state index is -0.264. The highest BCUT2D eigenvalue weighted by molar-refractivity contribution is 5.83. The van der Waals surface area contributed by atoms with Crippen LogP contribution in [0.15, 0.2) is 23.0 Å². The first-order valence-electron chi connectivity index (χ1n) is 8.07. The number of nitrogens with one attached hydrogen (secondary N) is 1. The highest BCUT2D eigenvalue weighted by Crippen LogP contribution is 2.35. The van der Waals surface area contributed by atoms with Gasteiger partial charge in [-0.15, -0.1) is 0 Å². The van der Waals surface area contributed by atoms with Gasteiger partial charge >= 0.3 is 0 Å². The number of likely N-dealkylation sites (tertiary alicyclic amines) is 1. The molecule has 0 radical (unpaired) electrons. The van der Waals surface area contributed by atoms with E-state index in [0.717, 1.165) is 30.3 Å². The van der Waals surface area contributed by atoms with Gasteiger partial charge in [-0.25, -0.2) is 0 Å². The largest absolute Gasteiger partial charge is 0.454 e. The van der Waals surface area contributed by atoms with E-state index in [-0.39, 0.29) is 24.2 Å². The Morgan fingerprint density at radius 2 is 2.08 bits per heavy atom. The zero-order valence-corrected chi connectivity index (χ0v) is 13.2. The molecule has 24 heavy (non-hydrogen) atoms. The molecule has 2 aromatic rings. The average Bonchev–Trinajstić information content (AvgIpc) is 3.01. The molecule has 2 aliphatic heterocycles. The van der Waals surface area contributed by atoms with Crippen molar-refractivity contribution in [3.63, 3.8) is 0 Å². The normalized spacial score (nSPS) is 20.4. The van der Waals surface area contributed by atoms with Gasteiger partial charge in [0.25, 0.3) is 5.56 Å². The number of aromatic nitrogens is 1. The number of ether oxygens (including phenoxy) is 2. The van der Waals surface area contributed by atoms with Gasteiger partial charge in [0.2, 0.25) is 12.7 Å². The highest BCUT2D eigenvalue weighted by atomic mass is 16.7. The zero-order valence-electron chi connectivity index (χ0n) is 13.2. The van der Waals surface area contributed by atoms with Gasteiger partial charge in [-0.1, -0.05) is 0 Å². The zero-order chi connectivity index (χ0) is 16.7. The molecule has 0 aliphatic carbocycles. The summed E-state index contributed by atoms with van der Waals surface area (Å²) < 4.78 is 10.7. The molecular formula is C17H19N3O4. The number of piperidine rings is 1. The summed E-state index contributed by atoms with van der Waals surface area (Å²) >= 11 is 0. The number of hydrogen-bond acceptors (Lipinski definition) is 5. The number of carbonyl (C=O) groups excluding carboxylic acids is 1. The number of fused-ring (bicyclic) bond motifs is 2. The lowest BCUT2D eigenvalue weighted by atomic mass is 9.97. The summed E-state index contributed by atoms with van der Waals surface area (Å²) in [5.74, 6) is 0.936. The Hall–Kier alpha value is -2.54. The number of rotatable bonds is 3. The molecule has 0 bridgehead atoms. The fourth-order valence-electron chi connectivity index (χ4n) is 3.43. The first-order chi connectivity index (χ1) is 11.6. The Balaban J connectivity index is 1.62. The van der Waals surface area contributed by atoms with Crippen LogP contribution in [-0.4, -0.2) is 35.7 Å². The molecular weight excluding hydrogens is 310 g/mol. The molecule has 126 valence electrons. The van der Waals surface area contributed by atoms with E-state index in [0.29, 0.717) is 30.2 Å². The predicted molar refractivity (Wildman–Crippen MR) is 87.9 cm³/mol. The van der Waals surface area contributed by atoms with E-state index >= 15 is 0 Å². The second-order valence-corrected chi connectivity index (χ2v) is 6.39. The Morgan fingerprint density at radius 3 is 2.88 bits per heavy atom. The summed E-state index contributed by atoms with van der Waals surface area (Å²) in [5.41, 5.74) is 6.69. The lowest BCUT2D eigenvalue weighted by Crippen LogP contribution is -2.41. The van der Waals surface area contributed by atoms with Crippen molar-refractivity contribution >= 4 is 16.8 Å². The maximum Gasteiger partial charge on any atom is 0.252 e. The van der Waals surface area contributed by atoms with E-state index in [1.807, 2.05) is 12.1 Å². The van der Waals surface area contributed by atoms with E-state index in [1.54, 1.807) is 6.07 Å². The van der Waals surface area contributed by atoms with Crippen molar-refractivity contribution in [2.24, 2.45) is 11.7 Å². The lowest BCUT2D eigenvalue weighted by Gasteiger charge is -2.30. The number of carbonyl (C=O) groups is 1. The molecule has 1 atom stereocenters. The van der Waals surface area contributed by atoms with Crippen LogP contribution >= 0.6 is 0 Å². The van der Waals surface area contributed by atoms with Crippen LogP contribution < -0.4 is 20.8 Å². The minimum absolute atomic E-state index is 0.123. The summed E-state index contributed by atoms with van der Waals surface area (Å²) in [6.45, 7) is 2.17. The fraction of sp³-hybridized carbons (Fsp3) is 0.412. The number of pyridine rings is 1. The molecule has 3 N–H and O–H groups in total. The van der Waals surface area contributed by atoms with Crippen LogP contribution in [0.3, 0.4) is 0 Å². The second kappa shape index (κ2) is 5.83. The van der Waals surface area contributed by atoms with Gasteiger partial charge in [-0.3, -0.25) is 14.5 Å². The molecule has 1 saturated heterocycles. The van der Waals surface area contributed by atoms with Gasteiger partial charge in [0, 0.05) is 30.1 Å². The first kappa shape index (κ1) is 15.0. The Morgan fingerprint density at radius 1 is 1.29 bits per heavy atom. The molecule has 1 amide bonds. The topological polar surface area (TPSA) is 97.7 Å². The maximum absolute atomic E-state index is 12.4. The number of aromatic amines is 1. The monoisotopic (exact) mass is 329 g/mol. The SMILES string of the molecule is NC(=O)[C@@H]1CCCN(Cc2cc3cc4c(cc3[nH]c2=O)OCO4)C1. The van der Waals surface area contributed by atoms with Gasteiger partial charge in [-0.05, 0) is 31.5 Å². The fourth-order valence-corrected chi connectivity index (χ4v) is 3.43. The molecule has 1 fully saturated rings. The van der Waals surface area contributed by atoms with Crippen molar-refractivity contribution in [2.75, 3.05) is 19.9 Å². The van der Waals surface area contributed by atoms with Gasteiger partial charge in [-0.2, -0.15) is 0 Å². The third-order valence-electron chi connectivity index (χ3n) is 4.72. The smallest absolute Gasteiger partial charge is 0.252 e. The van der Waals surface area contributed by atoms with Crippen molar-refractivity contribution in [3.8, 4) is 11.5 Å². The Kier molecular flexibility index (Phi) is 3.65. The molecule has 7 heteroatoms. The Labute approximate surface area is 138 Å². The molecule has 4 rings (SSSR count). The van der Waals surface area contributed by atoms with Crippen molar-refractivity contribution in [1.29, 1.82) is 0 Å². The number of benzene rings is 1. The number of amides is 1. The second-order valence-electron chi connectivity index (χ2n) is 6.39. The van der Waals surface area contributed by atoms with Gasteiger partial charge in [0.1, 0.15) is 0 Å². The standard InChI is InChI=1S/C17H19N3O4/c18-16(21)10-2-1-3-20(7-10)8-12-4-11-5-14-15(24-9-23-14)6-13(11)19-17(12)22/h4-6,10H,1-3,7-9H2,(H2,18,21)(H,19,22)/t10-/m1/s1. The van der Waals surface area contributed by atoms with Crippen LogP contribution in [0.4, 0.5) is 0 Å². The predicted octanol–water partition coefficient (Wildman–Crippen LogP) is 0.954. The van der Waals surface area contributed by atoms with E-state index in [9.17, 15) is 9.59 Å². The highest BCUT2D eigenvalue weighted by Gasteiger charge is 2.24. The molecule has 0 saturated carbocycles. The molecule has 0 spiro atoms. The average molecular weight is 329 g/mol. The summed E-state index contributed by atoms with van der Waals surface area (Å²) in [4.78, 5) is 28.8. The van der Waals surface area contributed by atoms with Crippen molar-refractivity contribution in [1.82, 2.24) is 9.88 Å². The molecule has 1 aromatic carbocycles. The van der Waals surface area contributed by atoms with E-state index in [2.05, 4.69) is 9.88 Å². The van der Waals surface area contributed by atoms with Crippen LogP contribution in [0.5, 0.6) is 11.5 Å². The van der Waals surface area contributed by atoms with Crippen LogP contribution in [0.2, 0.25) is 0 Å². The van der Waals surface area contributed by atoms with Crippen molar-refractivity contribution in [2.45, 2.75) is 19.4 Å². The minimum Gasteiger partial charge on any atom is -0.454 e. The number of H-pyrrole nitrogens is 1. The van der Waals surface area contributed by atoms with E-state index in [4.69, 9.17) is 15.2 Å². The van der Waals surface area contributed by atoms with Crippen molar-refractivity contribution < 1.29 is 14.3 Å². The van der Waals surface area contributed by atoms with Crippen LogP contribution in [0, 0.1) is 5.92 Å². The third-order valence-corrected chi connectivity index (χ3v) is 4.72. The number of nitrogens with two attached hydrogens (primary N) is 1. The third kappa shape index (κ3) is 2.71. The summed E-state index contributed by atoms with van der Waals surface area (Å²) in [6.07, 6.45) is 1.74. The number of nitrogens with zero attached hydrogens (tertiary/aromatic N) is 1. The molecule has 1 aromatic heterocycles. The first-order valence-corrected chi connectivity index (χ1v) is 8.07. The van der Waals surface area contributed by atoms with Gasteiger partial charge in [0.15, 0.2) is 11.5 Å². The molecule has 7 nitrogen and oxygen atoms in total. The van der Waals surface area contributed by atoms with Gasteiger partial charge < -0.3 is 20.2 Å². The quantitative estimate of drug-likeness (QED) is 0.874. The van der Waals surface area contributed by atoms with Crippen molar-refractivity contribution in [3.05, 3.63) is 34.1 Å². The van der Waals surface area contributed by atoms with Crippen LogP contribution in [0.25, 0.3) is 10.9 Å². The molecule has 0 unspecified atom stereocenters. The summed E-state index contributed by atoms with van der Waals surface area (Å²) in [7, 11) is 0. The van der Waals surface area contributed by atoms with Crippen LogP contribution in [0.1, 0.15) is 18.4 Å². The molecule has 3 heterocycles. The summed E-state index contributed by atoms with van der Waals surface area (Å²) in [5, 5.41) is 0.900. The van der Waals surface area contributed by atoms with E-state index < -0.39 is 0 Å². The maximum atomic E-state index is 12.4. The van der Waals surface area contributed by atoms with Crippen LogP contribution in [-0.2, 0) is 11.3 Å². The lowest BCUT2D eigenvalue weighted by molar-refractivity contribution is -0.123. The number of primary amides is 1. The van der Waals surface area contributed by atoms with Gasteiger partial charge in [0.05, 0.1) is 11.4 Å². The number of hydrogen-bond donors (Lipinski definition) is 2. The molecule has 2 aliphatic rings. The summed E-state index contributed by atoms with van der Waals surface area (Å²) in [6, 6.07) is 5.54. The van der Waals surface area contributed by atoms with E-state index in [1.165, 1.54) is 0 Å².